The second-order valence-electron chi connectivity index (χ2n) is 6.93. The molecule has 1 saturated carbocycles. The van der Waals surface area contributed by atoms with Crippen LogP contribution < -0.4 is 15.5 Å². The van der Waals surface area contributed by atoms with E-state index in [2.05, 4.69) is 15.2 Å². The zero-order chi connectivity index (χ0) is 19.3. The smallest absolute Gasteiger partial charge is 0.320 e. The van der Waals surface area contributed by atoms with Gasteiger partial charge in [0, 0.05) is 29.7 Å². The van der Waals surface area contributed by atoms with E-state index in [0.29, 0.717) is 21.4 Å². The van der Waals surface area contributed by atoms with Crippen molar-refractivity contribution in [2.24, 2.45) is 4.99 Å². The molecule has 1 fully saturated rings. The predicted octanol–water partition coefficient (Wildman–Crippen LogP) is 2.90. The maximum Gasteiger partial charge on any atom is 0.320 e. The summed E-state index contributed by atoms with van der Waals surface area (Å²) in [6.07, 6.45) is 3.79. The lowest BCUT2D eigenvalue weighted by molar-refractivity contribution is -0.765. The number of aryl methyl sites for hydroxylation is 1. The molecule has 0 unspecified atom stereocenters. The van der Waals surface area contributed by atoms with Gasteiger partial charge in [-0.1, -0.05) is 29.8 Å². The summed E-state index contributed by atoms with van der Waals surface area (Å²) in [5, 5.41) is 17.3. The molecule has 140 valence electrons. The van der Waals surface area contributed by atoms with Crippen molar-refractivity contribution in [2.75, 3.05) is 5.73 Å². The average molecular weight is 391 g/mol. The average Bonchev–Trinajstić information content (AvgIpc) is 3.36. The Morgan fingerprint density at radius 1 is 1.25 bits per heavy atom. The van der Waals surface area contributed by atoms with Gasteiger partial charge in [-0.25, -0.2) is 9.98 Å². The number of aliphatic imine (C=N–C) groups is 1. The number of aromatic nitrogens is 3. The van der Waals surface area contributed by atoms with Gasteiger partial charge in [-0.3, -0.25) is 4.52 Å². The van der Waals surface area contributed by atoms with Crippen LogP contribution in [0.3, 0.4) is 0 Å². The van der Waals surface area contributed by atoms with E-state index in [1.54, 1.807) is 10.9 Å². The third-order valence-electron chi connectivity index (χ3n) is 4.74. The summed E-state index contributed by atoms with van der Waals surface area (Å²) < 4.78 is 6.84. The molecule has 1 aliphatic carbocycles. The highest BCUT2D eigenvalue weighted by Crippen LogP contribution is 2.34. The number of benzene rings is 1. The fourth-order valence-electron chi connectivity index (χ4n) is 3.00. The fraction of sp³-hybridized carbons (Fsp3) is 0.200. The fourth-order valence-corrected chi connectivity index (χ4v) is 3.98. The van der Waals surface area contributed by atoms with Gasteiger partial charge >= 0.3 is 5.88 Å². The Balaban J connectivity index is 1.51. The minimum Gasteiger partial charge on any atom is -0.857 e. The second-order valence-corrected chi connectivity index (χ2v) is 7.93. The molecular weight excluding hydrogens is 374 g/mol. The molecular formula is C20H17N5O2S. The molecule has 0 atom stereocenters. The predicted molar refractivity (Wildman–Crippen MR) is 105 cm³/mol. The van der Waals surface area contributed by atoms with Gasteiger partial charge in [-0.05, 0) is 23.7 Å². The second kappa shape index (κ2) is 6.42. The highest BCUT2D eigenvalue weighted by Gasteiger charge is 2.35. The molecule has 0 saturated heterocycles. The molecule has 3 aromatic heterocycles. The minimum atomic E-state index is -0.448. The molecule has 4 aromatic rings. The molecule has 0 aliphatic heterocycles. The Labute approximate surface area is 164 Å². The first kappa shape index (κ1) is 16.9. The normalized spacial score (nSPS) is 14.7. The van der Waals surface area contributed by atoms with Crippen molar-refractivity contribution in [1.29, 1.82) is 0 Å². The number of rotatable bonds is 4. The molecule has 28 heavy (non-hydrogen) atoms. The molecule has 0 bridgehead atoms. The topological polar surface area (TPSA) is 104 Å². The summed E-state index contributed by atoms with van der Waals surface area (Å²) in [7, 11) is 0. The van der Waals surface area contributed by atoms with Crippen molar-refractivity contribution in [3.05, 3.63) is 53.0 Å². The van der Waals surface area contributed by atoms with E-state index in [9.17, 15) is 5.11 Å². The lowest BCUT2D eigenvalue weighted by Crippen LogP contribution is -2.32. The molecule has 1 aromatic carbocycles. The molecule has 0 amide bonds. The van der Waals surface area contributed by atoms with Crippen LogP contribution in [0.15, 0.2) is 52.1 Å². The van der Waals surface area contributed by atoms with E-state index >= 15 is 0 Å². The Bertz CT molecular complexity index is 1210. The number of hydrogen-bond donors (Lipinski definition) is 1. The number of hydrogen-bond acceptors (Lipinski definition) is 7. The number of thiophene rings is 1. The van der Waals surface area contributed by atoms with E-state index in [0.717, 1.165) is 29.5 Å². The van der Waals surface area contributed by atoms with E-state index in [1.807, 2.05) is 43.3 Å². The summed E-state index contributed by atoms with van der Waals surface area (Å²) >= 11 is 1.24. The Morgan fingerprint density at radius 3 is 2.79 bits per heavy atom. The summed E-state index contributed by atoms with van der Waals surface area (Å²) in [6.45, 7) is 2.04. The van der Waals surface area contributed by atoms with E-state index in [-0.39, 0.29) is 5.88 Å². The van der Waals surface area contributed by atoms with Crippen LogP contribution >= 0.6 is 11.3 Å². The van der Waals surface area contributed by atoms with Crippen LogP contribution in [0.25, 0.3) is 21.5 Å². The van der Waals surface area contributed by atoms with E-state index < -0.39 is 5.90 Å². The minimum absolute atomic E-state index is 0.182. The first-order chi connectivity index (χ1) is 13.6. The maximum atomic E-state index is 12.6. The van der Waals surface area contributed by atoms with Crippen LogP contribution in [-0.2, 0) is 0 Å². The molecule has 0 radical (unpaired) electrons. The van der Waals surface area contributed by atoms with Crippen molar-refractivity contribution in [3.63, 3.8) is 0 Å². The van der Waals surface area contributed by atoms with Crippen molar-refractivity contribution in [2.45, 2.75) is 25.8 Å². The lowest BCUT2D eigenvalue weighted by Gasteiger charge is -2.06. The van der Waals surface area contributed by atoms with E-state index in [4.69, 9.17) is 10.3 Å². The zero-order valence-electron chi connectivity index (χ0n) is 15.1. The molecule has 0 spiro atoms. The van der Waals surface area contributed by atoms with Crippen LogP contribution in [0.2, 0.25) is 0 Å². The van der Waals surface area contributed by atoms with Crippen LogP contribution in [0, 0.1) is 6.92 Å². The van der Waals surface area contributed by atoms with Crippen molar-refractivity contribution < 1.29 is 14.3 Å². The molecule has 7 nitrogen and oxygen atoms in total. The lowest BCUT2D eigenvalue weighted by atomic mass is 10.1. The summed E-state index contributed by atoms with van der Waals surface area (Å²) in [4.78, 5) is 9.77. The SMILES string of the molecule is Cc1ccc(-c2ccc3c(N)c(/C([O-])=N/c4c[n+](C5CC5)no4)sc3n2)cc1. The molecule has 5 rings (SSSR count). The number of pyridine rings is 1. The molecule has 1 aliphatic rings. The number of fused-ring (bicyclic) bond motifs is 1. The van der Waals surface area contributed by atoms with Crippen molar-refractivity contribution >= 4 is 39.0 Å². The van der Waals surface area contributed by atoms with Gasteiger partial charge in [0.2, 0.25) is 5.27 Å². The van der Waals surface area contributed by atoms with Gasteiger partial charge in [-0.15, -0.1) is 11.3 Å². The van der Waals surface area contributed by atoms with Gasteiger partial charge in [0.25, 0.3) is 6.20 Å². The Morgan fingerprint density at radius 2 is 2.04 bits per heavy atom. The van der Waals surface area contributed by atoms with E-state index in [1.165, 1.54) is 16.9 Å². The van der Waals surface area contributed by atoms with Crippen molar-refractivity contribution in [1.82, 2.24) is 10.3 Å². The van der Waals surface area contributed by atoms with Crippen molar-refractivity contribution in [3.8, 4) is 11.3 Å². The first-order valence-electron chi connectivity index (χ1n) is 8.99. The third kappa shape index (κ3) is 3.01. The number of nitrogens with two attached hydrogens (primary N) is 1. The van der Waals surface area contributed by atoms with Gasteiger partial charge < -0.3 is 10.8 Å². The molecule has 2 N–H and O–H groups in total. The standard InChI is InChI=1S/C20H17N5O2S/c1-11-2-4-12(5-3-11)15-9-8-14-17(21)18(28-20(14)22-15)19(26)23-16-10-25(24-27-16)13-6-7-13/h2-5,8-10,13H,6-7H2,1H3,(H2-,21,23,24,26). The maximum absolute atomic E-state index is 12.6. The van der Waals surface area contributed by atoms with Crippen LogP contribution in [-0.4, -0.2) is 16.2 Å². The number of nitrogens with zero attached hydrogens (tertiary/aromatic N) is 4. The molecule has 3 heterocycles. The van der Waals surface area contributed by atoms with Gasteiger partial charge in [-0.2, -0.15) is 0 Å². The summed E-state index contributed by atoms with van der Waals surface area (Å²) in [5.74, 6) is -0.265. The monoisotopic (exact) mass is 391 g/mol. The summed E-state index contributed by atoms with van der Waals surface area (Å²) in [5.41, 5.74) is 9.64. The Hall–Kier alpha value is -3.26. The van der Waals surface area contributed by atoms with Crippen LogP contribution in [0.4, 0.5) is 11.6 Å². The van der Waals surface area contributed by atoms with Crippen LogP contribution in [0.1, 0.15) is 29.3 Å². The van der Waals surface area contributed by atoms with Gasteiger partial charge in [0.1, 0.15) is 4.83 Å². The molecule has 8 heteroatoms. The number of nitrogen functional groups attached to an aromatic ring is 1. The summed E-state index contributed by atoms with van der Waals surface area (Å²) in [6, 6.07) is 12.3. The zero-order valence-corrected chi connectivity index (χ0v) is 15.9. The van der Waals surface area contributed by atoms with Crippen LogP contribution in [0.5, 0.6) is 0 Å². The highest BCUT2D eigenvalue weighted by atomic mass is 32.1. The highest BCUT2D eigenvalue weighted by molar-refractivity contribution is 7.21. The van der Waals surface area contributed by atoms with Gasteiger partial charge in [0.15, 0.2) is 6.04 Å². The Kier molecular flexibility index (Phi) is 3.87. The number of anilines is 1. The van der Waals surface area contributed by atoms with Gasteiger partial charge in [0.05, 0.1) is 16.3 Å². The largest absolute Gasteiger partial charge is 0.857 e. The quantitative estimate of drug-likeness (QED) is 0.327. The third-order valence-corrected chi connectivity index (χ3v) is 5.84. The first-order valence-corrected chi connectivity index (χ1v) is 9.80.